The molecule has 0 spiro atoms. The first-order valence-electron chi connectivity index (χ1n) is 8.37. The molecule has 1 amide bonds. The van der Waals surface area contributed by atoms with E-state index in [0.29, 0.717) is 19.0 Å². The summed E-state index contributed by atoms with van der Waals surface area (Å²) < 4.78 is 26.2. The van der Waals surface area contributed by atoms with E-state index >= 15 is 0 Å². The Morgan fingerprint density at radius 1 is 1.18 bits per heavy atom. The van der Waals surface area contributed by atoms with Crippen LogP contribution in [0.5, 0.6) is 0 Å². The van der Waals surface area contributed by atoms with E-state index in [2.05, 4.69) is 31.0 Å². The van der Waals surface area contributed by atoms with Crippen molar-refractivity contribution >= 4 is 5.91 Å². The van der Waals surface area contributed by atoms with Gasteiger partial charge in [-0.1, -0.05) is 20.8 Å². The Labute approximate surface area is 132 Å². The molecular formula is C16H29F2N3O. The summed E-state index contributed by atoms with van der Waals surface area (Å²) in [5.41, 5.74) is -0.503. The van der Waals surface area contributed by atoms with Gasteiger partial charge in [0.1, 0.15) is 0 Å². The fourth-order valence-corrected chi connectivity index (χ4v) is 3.39. The number of amides is 1. The van der Waals surface area contributed by atoms with E-state index in [1.807, 2.05) is 0 Å². The van der Waals surface area contributed by atoms with Crippen LogP contribution in [0.1, 0.15) is 33.6 Å². The van der Waals surface area contributed by atoms with Gasteiger partial charge in [0.25, 0.3) is 5.92 Å². The molecule has 0 aromatic carbocycles. The second kappa shape index (κ2) is 6.79. The second-order valence-corrected chi connectivity index (χ2v) is 7.32. The molecule has 0 aliphatic carbocycles. The lowest BCUT2D eigenvalue weighted by molar-refractivity contribution is -0.156. The first-order valence-corrected chi connectivity index (χ1v) is 8.37. The molecule has 2 fully saturated rings. The molecule has 0 aromatic heterocycles. The lowest BCUT2D eigenvalue weighted by atomic mass is 9.76. The van der Waals surface area contributed by atoms with Crippen molar-refractivity contribution < 1.29 is 13.6 Å². The van der Waals surface area contributed by atoms with Crippen LogP contribution in [0.25, 0.3) is 0 Å². The van der Waals surface area contributed by atoms with Crippen molar-refractivity contribution in [2.24, 2.45) is 11.3 Å². The summed E-state index contributed by atoms with van der Waals surface area (Å²) in [4.78, 5) is 16.8. The van der Waals surface area contributed by atoms with Gasteiger partial charge in [0.15, 0.2) is 0 Å². The van der Waals surface area contributed by atoms with Gasteiger partial charge in [-0.05, 0) is 38.4 Å². The molecule has 2 heterocycles. The second-order valence-electron chi connectivity index (χ2n) is 7.32. The third-order valence-electron chi connectivity index (χ3n) is 4.85. The minimum atomic E-state index is -2.57. The van der Waals surface area contributed by atoms with Crippen molar-refractivity contribution in [3.05, 3.63) is 0 Å². The molecule has 0 bridgehead atoms. The van der Waals surface area contributed by atoms with Gasteiger partial charge >= 0.3 is 0 Å². The zero-order valence-corrected chi connectivity index (χ0v) is 14.0. The van der Waals surface area contributed by atoms with Gasteiger partial charge in [-0.15, -0.1) is 0 Å². The predicted molar refractivity (Wildman–Crippen MR) is 83.0 cm³/mol. The molecule has 1 N–H and O–H groups in total. The number of piperidine rings is 1. The van der Waals surface area contributed by atoms with Gasteiger partial charge in [0, 0.05) is 13.1 Å². The highest BCUT2D eigenvalue weighted by molar-refractivity contribution is 5.83. The van der Waals surface area contributed by atoms with Crippen LogP contribution in [0.15, 0.2) is 0 Å². The summed E-state index contributed by atoms with van der Waals surface area (Å²) in [6, 6.07) is 0. The highest BCUT2D eigenvalue weighted by Gasteiger charge is 2.49. The smallest absolute Gasteiger partial charge is 0.272 e. The number of rotatable bonds is 6. The zero-order chi connectivity index (χ0) is 16.4. The summed E-state index contributed by atoms with van der Waals surface area (Å²) in [7, 11) is 0. The van der Waals surface area contributed by atoms with Crippen molar-refractivity contribution in [3.8, 4) is 0 Å². The quantitative estimate of drug-likeness (QED) is 0.811. The lowest BCUT2D eigenvalue weighted by Gasteiger charge is -2.47. The first-order chi connectivity index (χ1) is 10.3. The molecular weight excluding hydrogens is 288 g/mol. The van der Waals surface area contributed by atoms with Crippen LogP contribution in [0.2, 0.25) is 0 Å². The Morgan fingerprint density at radius 3 is 2.23 bits per heavy atom. The molecule has 0 atom stereocenters. The summed E-state index contributed by atoms with van der Waals surface area (Å²) in [5.74, 6) is -2.13. The average molecular weight is 317 g/mol. The minimum Gasteiger partial charge on any atom is -0.355 e. The van der Waals surface area contributed by atoms with Gasteiger partial charge in [-0.25, -0.2) is 8.78 Å². The number of carbonyl (C=O) groups is 1. The molecule has 0 radical (unpaired) electrons. The van der Waals surface area contributed by atoms with Gasteiger partial charge < -0.3 is 10.2 Å². The summed E-state index contributed by atoms with van der Waals surface area (Å²) in [5, 5.41) is 3.03. The lowest BCUT2D eigenvalue weighted by Crippen LogP contribution is -2.62. The standard InChI is InChI=1S/C16H29F2N3O/c1-4-20-7-5-15(6-8-20,14(22)19-9-13(2)3)10-21-11-16(17,18)12-21/h13H,4-12H2,1-3H3,(H,19,22). The molecule has 0 unspecified atom stereocenters. The Morgan fingerprint density at radius 2 is 1.77 bits per heavy atom. The molecule has 0 saturated carbocycles. The fourth-order valence-electron chi connectivity index (χ4n) is 3.39. The highest BCUT2D eigenvalue weighted by Crippen LogP contribution is 2.37. The third-order valence-corrected chi connectivity index (χ3v) is 4.85. The molecule has 2 saturated heterocycles. The van der Waals surface area contributed by atoms with Gasteiger partial charge in [-0.2, -0.15) is 0 Å². The largest absolute Gasteiger partial charge is 0.355 e. The molecule has 4 nitrogen and oxygen atoms in total. The van der Waals surface area contributed by atoms with Crippen molar-refractivity contribution in [1.29, 1.82) is 0 Å². The van der Waals surface area contributed by atoms with Crippen LogP contribution in [0, 0.1) is 11.3 Å². The maximum absolute atomic E-state index is 13.1. The van der Waals surface area contributed by atoms with E-state index in [9.17, 15) is 13.6 Å². The molecule has 2 rings (SSSR count). The number of carbonyl (C=O) groups excluding carboxylic acids is 1. The van der Waals surface area contributed by atoms with Crippen LogP contribution in [-0.2, 0) is 4.79 Å². The Kier molecular flexibility index (Phi) is 5.43. The number of hydrogen-bond acceptors (Lipinski definition) is 3. The van der Waals surface area contributed by atoms with Crippen LogP contribution in [0.4, 0.5) is 8.78 Å². The molecule has 2 aliphatic heterocycles. The van der Waals surface area contributed by atoms with E-state index in [-0.39, 0.29) is 19.0 Å². The zero-order valence-electron chi connectivity index (χ0n) is 14.0. The number of likely N-dealkylation sites (tertiary alicyclic amines) is 2. The molecule has 0 aromatic rings. The van der Waals surface area contributed by atoms with Gasteiger partial charge in [-0.3, -0.25) is 9.69 Å². The van der Waals surface area contributed by atoms with Crippen molar-refractivity contribution in [2.75, 3.05) is 45.8 Å². The topological polar surface area (TPSA) is 35.6 Å². The van der Waals surface area contributed by atoms with E-state index in [0.717, 1.165) is 32.5 Å². The van der Waals surface area contributed by atoms with E-state index in [4.69, 9.17) is 0 Å². The molecule has 6 heteroatoms. The third kappa shape index (κ3) is 4.16. The van der Waals surface area contributed by atoms with E-state index < -0.39 is 11.3 Å². The van der Waals surface area contributed by atoms with Crippen LogP contribution in [0.3, 0.4) is 0 Å². The molecule has 22 heavy (non-hydrogen) atoms. The number of alkyl halides is 2. The maximum Gasteiger partial charge on any atom is 0.272 e. The van der Waals surface area contributed by atoms with E-state index in [1.54, 1.807) is 4.90 Å². The molecule has 2 aliphatic rings. The molecule has 128 valence electrons. The monoisotopic (exact) mass is 317 g/mol. The van der Waals surface area contributed by atoms with Crippen LogP contribution in [-0.4, -0.2) is 67.4 Å². The number of nitrogens with one attached hydrogen (secondary N) is 1. The van der Waals surface area contributed by atoms with Crippen LogP contribution < -0.4 is 5.32 Å². The minimum absolute atomic E-state index is 0.0483. The Bertz CT molecular complexity index is 385. The number of halogens is 2. The summed E-state index contributed by atoms with van der Waals surface area (Å²) in [6.07, 6.45) is 1.51. The van der Waals surface area contributed by atoms with Crippen molar-refractivity contribution in [3.63, 3.8) is 0 Å². The summed E-state index contributed by atoms with van der Waals surface area (Å²) >= 11 is 0. The van der Waals surface area contributed by atoms with Gasteiger partial charge in [0.05, 0.1) is 18.5 Å². The fraction of sp³-hybridized carbons (Fsp3) is 0.938. The Hall–Kier alpha value is -0.750. The van der Waals surface area contributed by atoms with Crippen LogP contribution >= 0.6 is 0 Å². The Balaban J connectivity index is 1.99. The average Bonchev–Trinajstić information content (AvgIpc) is 2.43. The summed E-state index contributed by atoms with van der Waals surface area (Å²) in [6.45, 7) is 9.65. The van der Waals surface area contributed by atoms with Crippen molar-refractivity contribution in [2.45, 2.75) is 39.5 Å². The first kappa shape index (κ1) is 17.6. The van der Waals surface area contributed by atoms with Gasteiger partial charge in [0.2, 0.25) is 5.91 Å². The SMILES string of the molecule is CCN1CCC(CN2CC(F)(F)C2)(C(=O)NCC(C)C)CC1. The number of nitrogens with zero attached hydrogens (tertiary/aromatic N) is 2. The number of hydrogen-bond donors (Lipinski definition) is 1. The normalized spacial score (nSPS) is 25.0. The van der Waals surface area contributed by atoms with E-state index in [1.165, 1.54) is 0 Å². The maximum atomic E-state index is 13.1. The predicted octanol–water partition coefficient (Wildman–Crippen LogP) is 1.81. The highest BCUT2D eigenvalue weighted by atomic mass is 19.3. The van der Waals surface area contributed by atoms with Crippen molar-refractivity contribution in [1.82, 2.24) is 15.1 Å².